The van der Waals surface area contributed by atoms with Gasteiger partial charge < -0.3 is 4.90 Å². The molecule has 0 saturated carbocycles. The normalized spacial score (nSPS) is 16.8. The number of rotatable bonds is 3. The highest BCUT2D eigenvalue weighted by Gasteiger charge is 2.31. The second kappa shape index (κ2) is 8.07. The van der Waals surface area contributed by atoms with Gasteiger partial charge in [-0.05, 0) is 55.7 Å². The van der Waals surface area contributed by atoms with Gasteiger partial charge in [-0.2, -0.15) is 4.31 Å². The fourth-order valence-corrected chi connectivity index (χ4v) is 6.39. The van der Waals surface area contributed by atoms with Gasteiger partial charge in [-0.25, -0.2) is 13.4 Å². The smallest absolute Gasteiger partial charge is 0.261 e. The predicted octanol–water partition coefficient (Wildman–Crippen LogP) is 2.11. The van der Waals surface area contributed by atoms with Gasteiger partial charge in [0.2, 0.25) is 10.0 Å². The van der Waals surface area contributed by atoms with Crippen molar-refractivity contribution in [2.45, 2.75) is 38.1 Å². The molecule has 3 aromatic rings. The van der Waals surface area contributed by atoms with Crippen LogP contribution in [0.4, 0.5) is 0 Å². The molecule has 9 heteroatoms. The number of fused-ring (bicyclic) bond motifs is 2. The number of hydrogen-bond donors (Lipinski definition) is 0. The van der Waals surface area contributed by atoms with Gasteiger partial charge in [-0.15, -0.1) is 0 Å². The third kappa shape index (κ3) is 3.75. The van der Waals surface area contributed by atoms with Crippen LogP contribution >= 0.6 is 0 Å². The van der Waals surface area contributed by atoms with Crippen LogP contribution in [0, 0.1) is 13.8 Å². The van der Waals surface area contributed by atoms with E-state index in [2.05, 4.69) is 4.98 Å². The van der Waals surface area contributed by atoms with Gasteiger partial charge in [-0.1, -0.05) is 12.1 Å². The van der Waals surface area contributed by atoms with Crippen molar-refractivity contribution in [1.82, 2.24) is 18.8 Å². The van der Waals surface area contributed by atoms with Crippen LogP contribution in [-0.2, 0) is 23.0 Å². The molecule has 3 heterocycles. The third-order valence-corrected chi connectivity index (χ3v) is 8.59. The molecule has 0 aliphatic carbocycles. The van der Waals surface area contributed by atoms with E-state index < -0.39 is 10.0 Å². The summed E-state index contributed by atoms with van der Waals surface area (Å²) in [5, 5.41) is 0.515. The lowest BCUT2D eigenvalue weighted by Gasteiger charge is -2.34. The zero-order valence-electron chi connectivity index (χ0n) is 18.7. The summed E-state index contributed by atoms with van der Waals surface area (Å²) in [4.78, 5) is 32.4. The number of aromatic nitrogens is 2. The summed E-state index contributed by atoms with van der Waals surface area (Å²) < 4.78 is 29.5. The zero-order valence-corrected chi connectivity index (χ0v) is 19.6. The summed E-state index contributed by atoms with van der Waals surface area (Å²) in [5.41, 5.74) is 2.54. The van der Waals surface area contributed by atoms with Crippen LogP contribution in [0.25, 0.3) is 10.9 Å². The van der Waals surface area contributed by atoms with Crippen LogP contribution in [0.3, 0.4) is 0 Å². The molecule has 172 valence electrons. The van der Waals surface area contributed by atoms with Crippen molar-refractivity contribution in [1.29, 1.82) is 0 Å². The van der Waals surface area contributed by atoms with Crippen molar-refractivity contribution in [3.05, 3.63) is 69.3 Å². The molecule has 1 amide bonds. The summed E-state index contributed by atoms with van der Waals surface area (Å²) in [6.07, 6.45) is 1.67. The molecule has 0 bridgehead atoms. The van der Waals surface area contributed by atoms with E-state index in [9.17, 15) is 18.0 Å². The van der Waals surface area contributed by atoms with E-state index in [0.717, 1.165) is 24.2 Å². The van der Waals surface area contributed by atoms with E-state index in [1.165, 1.54) is 4.31 Å². The SMILES string of the molecule is Cc1ccc(C)c(S(=O)(=O)N2CCN(C(=O)c3ccc4c(=O)n5c(nc4c3)CCC5)CC2)c1. The van der Waals surface area contributed by atoms with Crippen molar-refractivity contribution in [2.75, 3.05) is 26.2 Å². The van der Waals surface area contributed by atoms with E-state index in [0.29, 0.717) is 46.6 Å². The Kier molecular flexibility index (Phi) is 5.33. The Bertz CT molecular complexity index is 1440. The van der Waals surface area contributed by atoms with Crippen molar-refractivity contribution in [3.63, 3.8) is 0 Å². The molecule has 0 radical (unpaired) electrons. The minimum absolute atomic E-state index is 0.0586. The largest absolute Gasteiger partial charge is 0.336 e. The first-order valence-corrected chi connectivity index (χ1v) is 12.6. The molecule has 1 saturated heterocycles. The van der Waals surface area contributed by atoms with Gasteiger partial charge in [-0.3, -0.25) is 14.2 Å². The monoisotopic (exact) mass is 466 g/mol. The standard InChI is InChI=1S/C24H26N4O4S/c1-16-5-6-17(2)21(14-16)33(31,32)27-12-10-26(11-13-27)23(29)18-7-8-19-20(15-18)25-22-4-3-9-28(22)24(19)30/h5-8,14-15H,3-4,9-13H2,1-2H3. The summed E-state index contributed by atoms with van der Waals surface area (Å²) >= 11 is 0. The zero-order chi connectivity index (χ0) is 23.3. The Morgan fingerprint density at radius 2 is 1.73 bits per heavy atom. The van der Waals surface area contributed by atoms with Crippen molar-refractivity contribution < 1.29 is 13.2 Å². The highest BCUT2D eigenvalue weighted by molar-refractivity contribution is 7.89. The minimum atomic E-state index is -3.62. The van der Waals surface area contributed by atoms with Gasteiger partial charge in [0, 0.05) is 44.7 Å². The van der Waals surface area contributed by atoms with Crippen LogP contribution in [0.15, 0.2) is 46.1 Å². The van der Waals surface area contributed by atoms with E-state index in [1.54, 1.807) is 40.7 Å². The van der Waals surface area contributed by atoms with Crippen molar-refractivity contribution >= 4 is 26.8 Å². The number of carbonyl (C=O) groups excluding carboxylic acids is 1. The number of aryl methyl sites for hydroxylation is 3. The molecule has 33 heavy (non-hydrogen) atoms. The number of sulfonamides is 1. The first-order valence-electron chi connectivity index (χ1n) is 11.2. The van der Waals surface area contributed by atoms with Crippen molar-refractivity contribution in [3.8, 4) is 0 Å². The Morgan fingerprint density at radius 3 is 2.48 bits per heavy atom. The Labute approximate surface area is 192 Å². The lowest BCUT2D eigenvalue weighted by molar-refractivity contribution is 0.0698. The molecule has 0 unspecified atom stereocenters. The number of piperazine rings is 1. The molecule has 5 rings (SSSR count). The molecule has 2 aliphatic rings. The molecule has 8 nitrogen and oxygen atoms in total. The molecule has 1 fully saturated rings. The molecular weight excluding hydrogens is 440 g/mol. The molecule has 0 spiro atoms. The molecule has 2 aromatic carbocycles. The van der Waals surface area contributed by atoms with Crippen LogP contribution in [-0.4, -0.2) is 59.3 Å². The lowest BCUT2D eigenvalue weighted by Crippen LogP contribution is -2.50. The molecule has 0 N–H and O–H groups in total. The average molecular weight is 467 g/mol. The fraction of sp³-hybridized carbons (Fsp3) is 0.375. The third-order valence-electron chi connectivity index (χ3n) is 6.55. The highest BCUT2D eigenvalue weighted by Crippen LogP contribution is 2.23. The van der Waals surface area contributed by atoms with Crippen LogP contribution < -0.4 is 5.56 Å². The first kappa shape index (κ1) is 21.8. The second-order valence-electron chi connectivity index (χ2n) is 8.79. The molecule has 2 aliphatic heterocycles. The molecular formula is C24H26N4O4S. The summed E-state index contributed by atoms with van der Waals surface area (Å²) in [6.45, 7) is 5.44. The van der Waals surface area contributed by atoms with E-state index >= 15 is 0 Å². The maximum absolute atomic E-state index is 13.2. The van der Waals surface area contributed by atoms with Crippen molar-refractivity contribution in [2.24, 2.45) is 0 Å². The number of benzene rings is 2. The quantitative estimate of drug-likeness (QED) is 0.590. The predicted molar refractivity (Wildman–Crippen MR) is 125 cm³/mol. The first-order chi connectivity index (χ1) is 15.8. The number of carbonyl (C=O) groups is 1. The van der Waals surface area contributed by atoms with Gasteiger partial charge in [0.15, 0.2) is 0 Å². The van der Waals surface area contributed by atoms with Gasteiger partial charge in [0.25, 0.3) is 11.5 Å². The van der Waals surface area contributed by atoms with E-state index in [-0.39, 0.29) is 24.6 Å². The lowest BCUT2D eigenvalue weighted by atomic mass is 10.1. The maximum atomic E-state index is 13.2. The topological polar surface area (TPSA) is 92.6 Å². The summed E-state index contributed by atoms with van der Waals surface area (Å²) in [6, 6.07) is 10.4. The molecule has 0 atom stereocenters. The van der Waals surface area contributed by atoms with Crippen LogP contribution in [0.2, 0.25) is 0 Å². The van der Waals surface area contributed by atoms with E-state index in [4.69, 9.17) is 0 Å². The number of hydrogen-bond acceptors (Lipinski definition) is 5. The summed E-state index contributed by atoms with van der Waals surface area (Å²) in [5.74, 6) is 0.588. The minimum Gasteiger partial charge on any atom is -0.336 e. The maximum Gasteiger partial charge on any atom is 0.261 e. The van der Waals surface area contributed by atoms with Gasteiger partial charge >= 0.3 is 0 Å². The van der Waals surface area contributed by atoms with Crippen LogP contribution in [0.1, 0.15) is 33.7 Å². The number of nitrogens with zero attached hydrogens (tertiary/aromatic N) is 4. The van der Waals surface area contributed by atoms with E-state index in [1.807, 2.05) is 19.1 Å². The fourth-order valence-electron chi connectivity index (χ4n) is 4.66. The second-order valence-corrected chi connectivity index (χ2v) is 10.7. The molecule has 1 aromatic heterocycles. The average Bonchev–Trinajstić information content (AvgIpc) is 3.29. The Morgan fingerprint density at radius 1 is 0.970 bits per heavy atom. The summed E-state index contributed by atoms with van der Waals surface area (Å²) in [7, 11) is -3.62. The Balaban J connectivity index is 1.35. The van der Waals surface area contributed by atoms with Gasteiger partial charge in [0.05, 0.1) is 15.8 Å². The Hall–Kier alpha value is -3.04. The van der Waals surface area contributed by atoms with Crippen LogP contribution in [0.5, 0.6) is 0 Å². The van der Waals surface area contributed by atoms with Gasteiger partial charge in [0.1, 0.15) is 5.82 Å². The number of amides is 1. The highest BCUT2D eigenvalue weighted by atomic mass is 32.2.